The van der Waals surface area contributed by atoms with Crippen LogP contribution in [0.4, 0.5) is 5.13 Å². The Morgan fingerprint density at radius 3 is 1.10 bits per heavy atom. The van der Waals surface area contributed by atoms with Crippen molar-refractivity contribution < 1.29 is 33.2 Å². The number of thiazole rings is 2. The molecule has 0 unspecified atom stereocenters. The molecule has 14 heterocycles. The summed E-state index contributed by atoms with van der Waals surface area (Å²) in [5.41, 5.74) is 16.2. The zero-order valence-electron chi connectivity index (χ0n) is 85.1. The molecule has 0 atom stereocenters. The van der Waals surface area contributed by atoms with Crippen molar-refractivity contribution in [1.82, 2.24) is 100 Å². The van der Waals surface area contributed by atoms with E-state index < -0.39 is 20.4 Å². The smallest absolute Gasteiger partial charge is 0.256 e. The van der Waals surface area contributed by atoms with E-state index in [0.717, 1.165) is 125 Å². The molecule has 36 heteroatoms. The standard InChI is InChI=1S/C20H19N5O.C20H18N2OS2.C19H17N3OS2.C18H22N4OS.C17H18N6OSi.C17H16N2O2S/c1-20(2,3)26-19-18(21-14-11-7-8-12-15(14)22-19)17-16(23-25-24-17)13-9-5-4-6-10-13;1-20(2,3)23-19-18(21-14-6-4-5-7-15(14)22-19)17-9-8-16(25-17)13-10-11-24-12-13;1-19(2,3)23-17-16(21-12-6-4-5-7-13(12)22-17)14-8-9-15(25-14)18-20-10-11-24-18;1-11(2)19-17-22-14(10-24-17)15-16(23-18(3,4)5)21-13-9-7-6-8-12(13)20-15;1-5-10-23-21-14(16(22-23)25-18)13-15(24-17(2,3)4)20-12-9-7-6-8-11(12)19-13;1-17(2,3)21-16-15(14-9-8-11(10-20)22-14)18-12-6-4-5-7-13(12)19-16/h4-12H,1-3H3,(H,23,24,25);4-12H,1-3H3;4-11H,1-3H3;6-11H,1-5H3,(H,19,22);5-9H,1,10H2,2-4H3;4-10H,1-3H3. The molecule has 7 aromatic carbocycles. The molecule has 0 spiro atoms. The van der Waals surface area contributed by atoms with Crippen molar-refractivity contribution >= 4 is 160 Å². The van der Waals surface area contributed by atoms with Crippen molar-refractivity contribution in [3.05, 3.63) is 264 Å². The van der Waals surface area contributed by atoms with Gasteiger partial charge in [-0.1, -0.05) is 109 Å². The van der Waals surface area contributed by atoms with Crippen LogP contribution in [0.25, 0.3) is 164 Å². The number of benzene rings is 7. The topological polar surface area (TPSA) is 361 Å². The monoisotopic (exact) mass is 2080 g/mol. The van der Waals surface area contributed by atoms with Crippen molar-refractivity contribution in [2.24, 2.45) is 0 Å². The second kappa shape index (κ2) is 45.2. The summed E-state index contributed by atoms with van der Waals surface area (Å²) >= 11 is 9.66. The fourth-order valence-corrected chi connectivity index (χ4v) is 19.7. The van der Waals surface area contributed by atoms with E-state index in [9.17, 15) is 9.68 Å². The number of ether oxygens (including phenoxy) is 6. The molecule has 0 aliphatic carbocycles. The molecule has 0 aliphatic rings. The molecule has 746 valence electrons. The van der Waals surface area contributed by atoms with Crippen molar-refractivity contribution in [1.29, 1.82) is 4.89 Å². The van der Waals surface area contributed by atoms with Gasteiger partial charge in [0, 0.05) is 39.0 Å². The minimum Gasteiger partial charge on any atom is -0.470 e. The van der Waals surface area contributed by atoms with E-state index >= 15 is 0 Å². The summed E-state index contributed by atoms with van der Waals surface area (Å²) in [6.07, 6.45) is 4.35. The molecule has 147 heavy (non-hydrogen) atoms. The Hall–Kier alpha value is -15.1. The van der Waals surface area contributed by atoms with Gasteiger partial charge in [0.25, 0.3) is 9.15 Å². The van der Waals surface area contributed by atoms with Crippen LogP contribution in [0.2, 0.25) is 0 Å². The van der Waals surface area contributed by atoms with Crippen molar-refractivity contribution in [2.45, 2.75) is 185 Å². The van der Waals surface area contributed by atoms with Gasteiger partial charge in [-0.15, -0.1) is 68.4 Å². The first-order valence-electron chi connectivity index (χ1n) is 47.3. The van der Waals surface area contributed by atoms with E-state index in [-0.39, 0.29) is 22.4 Å². The Kier molecular flexibility index (Phi) is 32.2. The number of nitrogens with one attached hydrogen (secondary N) is 2. The van der Waals surface area contributed by atoms with Crippen LogP contribution in [-0.4, -0.2) is 155 Å². The number of rotatable bonds is 20. The van der Waals surface area contributed by atoms with Crippen LogP contribution < -0.4 is 39.1 Å². The van der Waals surface area contributed by atoms with E-state index in [1.54, 1.807) is 68.8 Å². The number of fused-ring (bicyclic) bond motifs is 6. The molecule has 2 N–H and O–H groups in total. The number of allylic oxidation sites excluding steroid dienone is 1. The van der Waals surface area contributed by atoms with Gasteiger partial charge in [0.15, 0.2) is 33.8 Å². The molecule has 14 aromatic heterocycles. The highest BCUT2D eigenvalue weighted by atomic mass is 32.1. The van der Waals surface area contributed by atoms with Crippen LogP contribution in [0.5, 0.6) is 35.3 Å². The highest BCUT2D eigenvalue weighted by Crippen LogP contribution is 2.45. The second-order valence-electron chi connectivity index (χ2n) is 39.6. The second-order valence-corrected chi connectivity index (χ2v) is 46.1. The van der Waals surface area contributed by atoms with Crippen molar-refractivity contribution in [3.8, 4) is 133 Å². The van der Waals surface area contributed by atoms with Gasteiger partial charge in [0.05, 0.1) is 97.1 Å². The Bertz CT molecular complexity index is 8060. The maximum Gasteiger partial charge on any atom is 0.256 e. The molecule has 21 aromatic rings. The summed E-state index contributed by atoms with van der Waals surface area (Å²) < 4.78 is 36.4. The van der Waals surface area contributed by atoms with Gasteiger partial charge < -0.3 is 33.7 Å². The number of para-hydroxylation sites is 12. The first kappa shape index (κ1) is 105. The molecular weight excluding hydrogens is 1970 g/mol. The minimum atomic E-state index is -0.511. The maximum atomic E-state index is 10.9. The number of carbonyl (C=O) groups is 1. The third-order valence-electron chi connectivity index (χ3n) is 20.0. The van der Waals surface area contributed by atoms with Gasteiger partial charge >= 0.3 is 0 Å². The number of anilines is 1. The van der Waals surface area contributed by atoms with Crippen LogP contribution >= 0.6 is 68.0 Å². The van der Waals surface area contributed by atoms with Gasteiger partial charge in [-0.2, -0.15) is 36.6 Å². The molecule has 0 fully saturated rings. The molecule has 0 saturated heterocycles. The Labute approximate surface area is 878 Å². The average molecular weight is 2080 g/mol. The van der Waals surface area contributed by atoms with E-state index in [2.05, 4.69) is 132 Å². The number of thiophene rings is 4. The molecule has 0 bridgehead atoms. The SMILES string of the molecule is C=CCn1nc([Si]#N)c(-c2nc3ccccc3nc2OC(C)(C)C)n1.CC(C)(C)Oc1nc2ccccc2nc1-c1ccc(-c2ccsc2)s1.CC(C)(C)Oc1nc2ccccc2nc1-c1ccc(-c2nccs2)s1.CC(C)(C)Oc1nc2ccccc2nc1-c1ccc(C=O)s1.CC(C)(C)Oc1nc2ccccc2nc1-c1n[nH]nc1-c1ccccc1.CC(C)Nc1nc(-c2nc3ccccc3nc2OC(C)(C)C)cs1. The van der Waals surface area contributed by atoms with Crippen LogP contribution in [-0.2, 0) is 6.54 Å². The largest absolute Gasteiger partial charge is 0.470 e. The third-order valence-corrected chi connectivity index (χ3v) is 26.2. The number of hydrogen-bond acceptors (Lipinski definition) is 33. The number of aldehydes is 1. The summed E-state index contributed by atoms with van der Waals surface area (Å²) in [4.78, 5) is 93.7. The first-order chi connectivity index (χ1) is 70.2. The van der Waals surface area contributed by atoms with E-state index in [4.69, 9.17) is 58.3 Å². The summed E-state index contributed by atoms with van der Waals surface area (Å²) in [6.45, 7) is 44.1. The molecule has 0 aliphatic heterocycles. The molecular formula is C111H110N22O7S6Si. The Morgan fingerprint density at radius 2 is 0.721 bits per heavy atom. The zero-order valence-corrected chi connectivity index (χ0v) is 91.0. The zero-order chi connectivity index (χ0) is 104. The number of hydrogen-bond donors (Lipinski definition) is 2. The van der Waals surface area contributed by atoms with E-state index in [0.29, 0.717) is 97.9 Å². The van der Waals surface area contributed by atoms with Crippen LogP contribution in [0.15, 0.2) is 259 Å². The van der Waals surface area contributed by atoms with E-state index in [1.807, 2.05) is 324 Å². The summed E-state index contributed by atoms with van der Waals surface area (Å²) in [7, 11) is -0.511. The minimum absolute atomic E-state index is 0.331. The van der Waals surface area contributed by atoms with E-state index in [1.165, 1.54) is 26.6 Å². The van der Waals surface area contributed by atoms with Gasteiger partial charge in [0.2, 0.25) is 35.3 Å². The summed E-state index contributed by atoms with van der Waals surface area (Å²) in [6, 6.07) is 70.9. The summed E-state index contributed by atoms with van der Waals surface area (Å²) in [5.74, 6) is 2.98. The third kappa shape index (κ3) is 27.7. The lowest BCUT2D eigenvalue weighted by Gasteiger charge is -2.21. The quantitative estimate of drug-likeness (QED) is 0.0406. The fraction of sp³-hybridized carbons (Fsp3) is 0.252. The summed E-state index contributed by atoms with van der Waals surface area (Å²) in [5, 5.41) is 34.0. The van der Waals surface area contributed by atoms with Gasteiger partial charge in [-0.25, -0.2) is 69.8 Å². The number of H-pyrrole nitrogens is 1. The Morgan fingerprint density at radius 1 is 0.367 bits per heavy atom. The number of aromatic nitrogens is 20. The van der Waals surface area contributed by atoms with Gasteiger partial charge in [-0.3, -0.25) is 9.68 Å². The van der Waals surface area contributed by atoms with Crippen molar-refractivity contribution in [3.63, 3.8) is 0 Å². The Balaban J connectivity index is 0.000000126. The first-order valence-corrected chi connectivity index (χ1v) is 53.4. The molecule has 0 amide bonds. The molecule has 0 radical (unpaired) electrons. The fourth-order valence-electron chi connectivity index (χ4n) is 14.2. The van der Waals surface area contributed by atoms with Crippen molar-refractivity contribution in [2.75, 3.05) is 5.32 Å². The predicted octanol–water partition coefficient (Wildman–Crippen LogP) is 27.3. The van der Waals surface area contributed by atoms with Gasteiger partial charge in [0.1, 0.15) is 78.5 Å². The average Bonchev–Trinajstić information content (AvgIpc) is 1.68. The van der Waals surface area contributed by atoms with Gasteiger partial charge in [-0.05, 0) is 264 Å². The number of aromatic amines is 1. The molecule has 0 saturated carbocycles. The maximum absolute atomic E-state index is 10.9. The van der Waals surface area contributed by atoms with Crippen LogP contribution in [0.3, 0.4) is 0 Å². The highest BCUT2D eigenvalue weighted by molar-refractivity contribution is 7.23. The van der Waals surface area contributed by atoms with Crippen LogP contribution in [0, 0.1) is 4.89 Å². The van der Waals surface area contributed by atoms with Crippen LogP contribution in [0.1, 0.15) is 148 Å². The number of nitrogens with zero attached hydrogens (tertiary/aromatic N) is 20. The molecule has 21 rings (SSSR count). The normalized spacial score (nSPS) is 11.7. The lowest BCUT2D eigenvalue weighted by Crippen LogP contribution is -2.24. The molecule has 29 nitrogen and oxygen atoms in total. The predicted molar refractivity (Wildman–Crippen MR) is 596 cm³/mol. The highest BCUT2D eigenvalue weighted by Gasteiger charge is 2.31. The number of carbonyl (C=O) groups excluding carboxylic acids is 1. The lowest BCUT2D eigenvalue weighted by molar-refractivity contribution is 0.112. The lowest BCUT2D eigenvalue weighted by atomic mass is 10.1.